The lowest BCUT2D eigenvalue weighted by Gasteiger charge is -2.05. The summed E-state index contributed by atoms with van der Waals surface area (Å²) in [5, 5.41) is 8.77. The molecule has 0 saturated carbocycles. The number of hydrogen-bond acceptors (Lipinski definition) is 1. The van der Waals surface area contributed by atoms with Gasteiger partial charge in [0.2, 0.25) is 0 Å². The summed E-state index contributed by atoms with van der Waals surface area (Å²) in [5.74, 6) is 1.23. The molecule has 1 heteroatoms. The van der Waals surface area contributed by atoms with Gasteiger partial charge in [0.25, 0.3) is 0 Å². The predicted octanol–water partition coefficient (Wildman–Crippen LogP) is 5.67. The molecule has 0 aliphatic rings. The van der Waals surface area contributed by atoms with Crippen LogP contribution in [0, 0.1) is 0 Å². The molecule has 2 rings (SSSR count). The van der Waals surface area contributed by atoms with Crippen molar-refractivity contribution in [3.05, 3.63) is 70.8 Å². The van der Waals surface area contributed by atoms with Gasteiger partial charge in [0.15, 0.2) is 0 Å². The zero-order chi connectivity index (χ0) is 16.5. The Kier molecular flexibility index (Phi) is 7.90. The molecule has 1 nitrogen and oxygen atoms in total. The van der Waals surface area contributed by atoms with E-state index in [4.69, 9.17) is 5.11 Å². The first kappa shape index (κ1) is 18.4. The van der Waals surface area contributed by atoms with E-state index in [0.29, 0.717) is 11.8 Å². The first-order chi connectivity index (χ1) is 10.5. The van der Waals surface area contributed by atoms with E-state index in [1.807, 2.05) is 12.1 Å². The molecule has 0 unspecified atom stereocenters. The molecule has 0 aliphatic carbocycles. The van der Waals surface area contributed by atoms with Crippen LogP contribution in [0.5, 0.6) is 0 Å². The first-order valence-electron chi connectivity index (χ1n) is 8.26. The third-order valence-electron chi connectivity index (χ3n) is 3.85. The van der Waals surface area contributed by atoms with Gasteiger partial charge in [-0.2, -0.15) is 0 Å². The predicted molar refractivity (Wildman–Crippen MR) is 96.4 cm³/mol. The minimum atomic E-state index is 0.137. The molecule has 0 fully saturated rings. The largest absolute Gasteiger partial charge is 0.392 e. The fourth-order valence-electron chi connectivity index (χ4n) is 2.18. The van der Waals surface area contributed by atoms with Crippen LogP contribution in [0.1, 0.15) is 68.7 Å². The summed E-state index contributed by atoms with van der Waals surface area (Å²) in [6.45, 7) is 11.1. The summed E-state index contributed by atoms with van der Waals surface area (Å²) >= 11 is 0. The van der Waals surface area contributed by atoms with Gasteiger partial charge in [0.1, 0.15) is 0 Å². The van der Waals surface area contributed by atoms with Gasteiger partial charge in [-0.05, 0) is 40.5 Å². The Labute approximate surface area is 136 Å². The molecule has 120 valence electrons. The van der Waals surface area contributed by atoms with Crippen molar-refractivity contribution in [3.8, 4) is 0 Å². The highest BCUT2D eigenvalue weighted by atomic mass is 16.3. The van der Waals surface area contributed by atoms with E-state index >= 15 is 0 Å². The summed E-state index contributed by atoms with van der Waals surface area (Å²) in [4.78, 5) is 0. The molecule has 0 bridgehead atoms. The second kappa shape index (κ2) is 9.42. The zero-order valence-corrected chi connectivity index (χ0v) is 14.6. The number of aryl methyl sites for hydroxylation is 1. The maximum atomic E-state index is 8.77. The van der Waals surface area contributed by atoms with Crippen molar-refractivity contribution in [1.82, 2.24) is 0 Å². The van der Waals surface area contributed by atoms with Crippen molar-refractivity contribution in [2.24, 2.45) is 0 Å². The molecule has 22 heavy (non-hydrogen) atoms. The molecule has 0 spiro atoms. The van der Waals surface area contributed by atoms with Crippen molar-refractivity contribution in [2.75, 3.05) is 0 Å². The van der Waals surface area contributed by atoms with Crippen LogP contribution in [0.4, 0.5) is 0 Å². The van der Waals surface area contributed by atoms with E-state index in [1.54, 1.807) is 0 Å². The second-order valence-corrected chi connectivity index (χ2v) is 6.31. The van der Waals surface area contributed by atoms with Crippen LogP contribution in [-0.4, -0.2) is 5.11 Å². The Hall–Kier alpha value is -1.60. The van der Waals surface area contributed by atoms with Crippen LogP contribution in [0.2, 0.25) is 0 Å². The highest BCUT2D eigenvalue weighted by Crippen LogP contribution is 2.15. The van der Waals surface area contributed by atoms with Gasteiger partial charge in [-0.3, -0.25) is 0 Å². The molecule has 0 saturated heterocycles. The number of aliphatic hydroxyl groups is 1. The normalized spacial score (nSPS) is 10.5. The molecule has 0 radical (unpaired) electrons. The van der Waals surface area contributed by atoms with Gasteiger partial charge in [-0.25, -0.2) is 0 Å². The van der Waals surface area contributed by atoms with Crippen LogP contribution >= 0.6 is 0 Å². The maximum Gasteiger partial charge on any atom is 0.0681 e. The van der Waals surface area contributed by atoms with Gasteiger partial charge in [0.05, 0.1) is 6.61 Å². The van der Waals surface area contributed by atoms with E-state index in [2.05, 4.69) is 71.0 Å². The minimum absolute atomic E-state index is 0.137. The monoisotopic (exact) mass is 298 g/mol. The van der Waals surface area contributed by atoms with Crippen molar-refractivity contribution in [1.29, 1.82) is 0 Å². The van der Waals surface area contributed by atoms with Gasteiger partial charge < -0.3 is 5.11 Å². The van der Waals surface area contributed by atoms with Crippen molar-refractivity contribution >= 4 is 0 Å². The SMILES string of the molecule is CC(C)c1ccc(CO)cc1.CCc1cccc(C(C)C)c1. The molecule has 1 N–H and O–H groups in total. The first-order valence-corrected chi connectivity index (χ1v) is 8.26. The Morgan fingerprint density at radius 2 is 1.36 bits per heavy atom. The standard InChI is InChI=1S/C11H16.C10H14O/c1-4-10-6-5-7-11(8-10)9(2)3;1-8(2)10-5-3-9(7-11)4-6-10/h5-9H,4H2,1-3H3;3-6,8,11H,7H2,1-2H3. The molecule has 2 aromatic rings. The lowest BCUT2D eigenvalue weighted by Crippen LogP contribution is -1.88. The fourth-order valence-corrected chi connectivity index (χ4v) is 2.18. The average Bonchev–Trinajstić information content (AvgIpc) is 2.55. The Bertz CT molecular complexity index is 538. The van der Waals surface area contributed by atoms with E-state index < -0.39 is 0 Å². The zero-order valence-electron chi connectivity index (χ0n) is 14.6. The van der Waals surface area contributed by atoms with Crippen molar-refractivity contribution < 1.29 is 5.11 Å². The van der Waals surface area contributed by atoms with Crippen molar-refractivity contribution in [2.45, 2.75) is 59.5 Å². The summed E-state index contributed by atoms with van der Waals surface area (Å²) in [7, 11) is 0. The summed E-state index contributed by atoms with van der Waals surface area (Å²) in [6, 6.07) is 16.9. The van der Waals surface area contributed by atoms with Crippen LogP contribution in [-0.2, 0) is 13.0 Å². The van der Waals surface area contributed by atoms with E-state index in [0.717, 1.165) is 12.0 Å². The third-order valence-corrected chi connectivity index (χ3v) is 3.85. The highest BCUT2D eigenvalue weighted by Gasteiger charge is 1.98. The lowest BCUT2D eigenvalue weighted by molar-refractivity contribution is 0.282. The van der Waals surface area contributed by atoms with Crippen LogP contribution in [0.3, 0.4) is 0 Å². The number of hydrogen-bond donors (Lipinski definition) is 1. The average molecular weight is 298 g/mol. The lowest BCUT2D eigenvalue weighted by atomic mass is 10.0. The maximum absolute atomic E-state index is 8.77. The Morgan fingerprint density at radius 3 is 1.82 bits per heavy atom. The Balaban J connectivity index is 0.000000220. The van der Waals surface area contributed by atoms with Crippen LogP contribution < -0.4 is 0 Å². The molecule has 2 aromatic carbocycles. The van der Waals surface area contributed by atoms with E-state index in [9.17, 15) is 0 Å². The fraction of sp³-hybridized carbons (Fsp3) is 0.429. The number of aliphatic hydroxyl groups excluding tert-OH is 1. The molecular formula is C21H30O. The quantitative estimate of drug-likeness (QED) is 0.770. The van der Waals surface area contributed by atoms with Gasteiger partial charge in [-0.15, -0.1) is 0 Å². The third kappa shape index (κ3) is 6.03. The smallest absolute Gasteiger partial charge is 0.0681 e. The molecule has 0 aromatic heterocycles. The number of benzene rings is 2. The highest BCUT2D eigenvalue weighted by molar-refractivity contribution is 5.25. The van der Waals surface area contributed by atoms with Crippen LogP contribution in [0.15, 0.2) is 48.5 Å². The molecule has 0 heterocycles. The molecule has 0 amide bonds. The van der Waals surface area contributed by atoms with Gasteiger partial charge in [-0.1, -0.05) is 83.1 Å². The minimum Gasteiger partial charge on any atom is -0.392 e. The summed E-state index contributed by atoms with van der Waals surface area (Å²) < 4.78 is 0. The summed E-state index contributed by atoms with van der Waals surface area (Å²) in [6.07, 6.45) is 1.14. The topological polar surface area (TPSA) is 20.2 Å². The molecule has 0 atom stereocenters. The second-order valence-electron chi connectivity index (χ2n) is 6.31. The van der Waals surface area contributed by atoms with Crippen LogP contribution in [0.25, 0.3) is 0 Å². The van der Waals surface area contributed by atoms with E-state index in [-0.39, 0.29) is 6.61 Å². The molecule has 0 aliphatic heterocycles. The Morgan fingerprint density at radius 1 is 0.773 bits per heavy atom. The number of rotatable bonds is 4. The van der Waals surface area contributed by atoms with Gasteiger partial charge in [0, 0.05) is 0 Å². The molecular weight excluding hydrogens is 268 g/mol. The van der Waals surface area contributed by atoms with Crippen molar-refractivity contribution in [3.63, 3.8) is 0 Å². The summed E-state index contributed by atoms with van der Waals surface area (Å²) in [5.41, 5.74) is 5.19. The van der Waals surface area contributed by atoms with E-state index in [1.165, 1.54) is 16.7 Å². The van der Waals surface area contributed by atoms with Gasteiger partial charge >= 0.3 is 0 Å².